The number of aromatic nitrogens is 1. The second kappa shape index (κ2) is 8.91. The van der Waals surface area contributed by atoms with E-state index in [4.69, 9.17) is 21.1 Å². The van der Waals surface area contributed by atoms with Crippen molar-refractivity contribution in [3.63, 3.8) is 0 Å². The number of aromatic carboxylic acids is 1. The lowest BCUT2D eigenvalue weighted by atomic mass is 10.1. The first-order chi connectivity index (χ1) is 15.3. The van der Waals surface area contributed by atoms with Gasteiger partial charge in [-0.25, -0.2) is 18.2 Å². The zero-order chi connectivity index (χ0) is 22.9. The average Bonchev–Trinajstić information content (AvgIpc) is 2.79. The predicted molar refractivity (Wildman–Crippen MR) is 120 cm³/mol. The standard InChI is InChI=1S/C21H20ClN3O6S/c1-30-17-4-2-3-13(21(26)27)20(17)25-16-10-18(24-15-6-5-12(22)9-14(15)16)32(28,29)19-11-31-8-7-23-19/h2-6,9-10,19,23H,7-8,11H2,1H3,(H,24,25)(H,26,27). The topological polar surface area (TPSA) is 127 Å². The van der Waals surface area contributed by atoms with Crippen LogP contribution in [0.25, 0.3) is 10.9 Å². The summed E-state index contributed by atoms with van der Waals surface area (Å²) >= 11 is 6.17. The summed E-state index contributed by atoms with van der Waals surface area (Å²) < 4.78 is 37.1. The number of ether oxygens (including phenoxy) is 2. The second-order valence-corrected chi connectivity index (χ2v) is 9.56. The van der Waals surface area contributed by atoms with Crippen LogP contribution in [0.2, 0.25) is 5.02 Å². The molecular formula is C21H20ClN3O6S. The number of pyridine rings is 1. The van der Waals surface area contributed by atoms with E-state index in [9.17, 15) is 18.3 Å². The van der Waals surface area contributed by atoms with Crippen molar-refractivity contribution >= 4 is 49.7 Å². The molecule has 11 heteroatoms. The fourth-order valence-corrected chi connectivity index (χ4v) is 5.04. The molecule has 3 aromatic rings. The number of hydrogen-bond acceptors (Lipinski definition) is 8. The van der Waals surface area contributed by atoms with Crippen molar-refractivity contribution in [2.75, 3.05) is 32.2 Å². The molecule has 0 spiro atoms. The van der Waals surface area contributed by atoms with Crippen LogP contribution in [0.1, 0.15) is 10.4 Å². The highest BCUT2D eigenvalue weighted by Crippen LogP contribution is 2.36. The third-order valence-electron chi connectivity index (χ3n) is 5.04. The van der Waals surface area contributed by atoms with Crippen molar-refractivity contribution in [2.45, 2.75) is 10.4 Å². The third kappa shape index (κ3) is 4.22. The first-order valence-corrected chi connectivity index (χ1v) is 11.6. The van der Waals surface area contributed by atoms with Crippen LogP contribution >= 0.6 is 11.6 Å². The summed E-state index contributed by atoms with van der Waals surface area (Å²) in [4.78, 5) is 16.1. The number of methoxy groups -OCH3 is 1. The summed E-state index contributed by atoms with van der Waals surface area (Å²) in [6, 6.07) is 10.8. The van der Waals surface area contributed by atoms with Gasteiger partial charge in [-0.05, 0) is 36.4 Å². The smallest absolute Gasteiger partial charge is 0.337 e. The summed E-state index contributed by atoms with van der Waals surface area (Å²) in [7, 11) is -2.47. The van der Waals surface area contributed by atoms with Crippen LogP contribution in [0.15, 0.2) is 47.5 Å². The molecule has 1 unspecified atom stereocenters. The van der Waals surface area contributed by atoms with Crippen LogP contribution in [0.4, 0.5) is 11.4 Å². The molecule has 3 N–H and O–H groups in total. The Bertz CT molecular complexity index is 1290. The minimum atomic E-state index is -3.89. The molecule has 0 bridgehead atoms. The number of para-hydroxylation sites is 1. The maximum absolute atomic E-state index is 13.2. The van der Waals surface area contributed by atoms with Crippen molar-refractivity contribution in [1.29, 1.82) is 0 Å². The number of halogens is 1. The van der Waals surface area contributed by atoms with Crippen molar-refractivity contribution in [3.05, 3.63) is 53.1 Å². The summed E-state index contributed by atoms with van der Waals surface area (Å²) in [5, 5.41) is 15.4. The number of nitrogens with one attached hydrogen (secondary N) is 2. The Morgan fingerprint density at radius 1 is 1.31 bits per heavy atom. The molecular weight excluding hydrogens is 458 g/mol. The Hall–Kier alpha value is -2.92. The van der Waals surface area contributed by atoms with E-state index in [1.807, 2.05) is 0 Å². The Morgan fingerprint density at radius 3 is 2.81 bits per heavy atom. The van der Waals surface area contributed by atoms with Crippen LogP contribution in [0, 0.1) is 0 Å². The quantitative estimate of drug-likeness (QED) is 0.490. The molecule has 4 rings (SSSR count). The Morgan fingerprint density at radius 2 is 2.12 bits per heavy atom. The Balaban J connectivity index is 1.90. The number of carbonyl (C=O) groups is 1. The number of carboxylic acids is 1. The largest absolute Gasteiger partial charge is 0.495 e. The lowest BCUT2D eigenvalue weighted by molar-refractivity contribution is 0.0697. The number of morpholine rings is 1. The highest BCUT2D eigenvalue weighted by Gasteiger charge is 2.31. The van der Waals surface area contributed by atoms with E-state index < -0.39 is 21.2 Å². The van der Waals surface area contributed by atoms with Gasteiger partial charge in [0.15, 0.2) is 5.03 Å². The van der Waals surface area contributed by atoms with Gasteiger partial charge in [0.2, 0.25) is 9.84 Å². The summed E-state index contributed by atoms with van der Waals surface area (Å²) in [6.07, 6.45) is 0. The first-order valence-electron chi connectivity index (χ1n) is 9.64. The molecule has 9 nitrogen and oxygen atoms in total. The number of sulfone groups is 1. The van der Waals surface area contributed by atoms with Gasteiger partial charge in [-0.2, -0.15) is 0 Å². The number of hydrogen-bond donors (Lipinski definition) is 3. The fraction of sp³-hybridized carbons (Fsp3) is 0.238. The van der Waals surface area contributed by atoms with Crippen molar-refractivity contribution < 1.29 is 27.8 Å². The monoisotopic (exact) mass is 477 g/mol. The highest BCUT2D eigenvalue weighted by molar-refractivity contribution is 7.92. The van der Waals surface area contributed by atoms with Gasteiger partial charge >= 0.3 is 5.97 Å². The van der Waals surface area contributed by atoms with E-state index in [1.54, 1.807) is 30.3 Å². The van der Waals surface area contributed by atoms with Crippen molar-refractivity contribution in [3.8, 4) is 5.75 Å². The number of rotatable bonds is 6. The van der Waals surface area contributed by atoms with Crippen LogP contribution in [0.3, 0.4) is 0 Å². The van der Waals surface area contributed by atoms with E-state index >= 15 is 0 Å². The van der Waals surface area contributed by atoms with E-state index in [0.717, 1.165) is 0 Å². The number of fused-ring (bicyclic) bond motifs is 1. The van der Waals surface area contributed by atoms with E-state index in [0.29, 0.717) is 34.8 Å². The molecule has 0 aliphatic carbocycles. The van der Waals surface area contributed by atoms with Crippen LogP contribution in [-0.2, 0) is 14.6 Å². The molecule has 2 heterocycles. The molecule has 1 saturated heterocycles. The number of benzene rings is 2. The van der Waals surface area contributed by atoms with Gasteiger partial charge in [-0.3, -0.25) is 5.32 Å². The number of nitrogens with zero attached hydrogens (tertiary/aromatic N) is 1. The molecule has 0 amide bonds. The first kappa shape index (κ1) is 22.3. The van der Waals surface area contributed by atoms with E-state index in [2.05, 4.69) is 15.6 Å². The van der Waals surface area contributed by atoms with Crippen molar-refractivity contribution in [1.82, 2.24) is 10.3 Å². The highest BCUT2D eigenvalue weighted by atomic mass is 35.5. The molecule has 168 valence electrons. The van der Waals surface area contributed by atoms with Crippen LogP contribution < -0.4 is 15.4 Å². The lowest BCUT2D eigenvalue weighted by Crippen LogP contribution is -2.46. The summed E-state index contributed by atoms with van der Waals surface area (Å²) in [5.41, 5.74) is 0.835. The van der Waals surface area contributed by atoms with E-state index in [-0.39, 0.29) is 28.6 Å². The number of carboxylic acid groups (broad SMARTS) is 1. The van der Waals surface area contributed by atoms with Gasteiger partial charge in [0.05, 0.1) is 42.8 Å². The SMILES string of the molecule is COc1cccc(C(=O)O)c1Nc1cc(S(=O)(=O)C2COCCN2)nc2ccc(Cl)cc12. The lowest BCUT2D eigenvalue weighted by Gasteiger charge is -2.24. The maximum Gasteiger partial charge on any atom is 0.337 e. The number of anilines is 2. The molecule has 1 aliphatic heterocycles. The molecule has 1 aromatic heterocycles. The molecule has 1 aliphatic rings. The molecule has 32 heavy (non-hydrogen) atoms. The van der Waals surface area contributed by atoms with Crippen LogP contribution in [0.5, 0.6) is 5.75 Å². The molecule has 1 fully saturated rings. The third-order valence-corrected chi connectivity index (χ3v) is 7.12. The average molecular weight is 478 g/mol. The fourth-order valence-electron chi connectivity index (χ4n) is 3.45. The van der Waals surface area contributed by atoms with Crippen molar-refractivity contribution in [2.24, 2.45) is 0 Å². The van der Waals surface area contributed by atoms with Gasteiger partial charge in [0.1, 0.15) is 11.1 Å². The van der Waals surface area contributed by atoms with Gasteiger partial charge in [0.25, 0.3) is 0 Å². The van der Waals surface area contributed by atoms with Gasteiger partial charge in [-0.15, -0.1) is 0 Å². The zero-order valence-electron chi connectivity index (χ0n) is 17.0. The summed E-state index contributed by atoms with van der Waals surface area (Å²) in [5.74, 6) is -0.886. The molecule has 0 saturated carbocycles. The van der Waals surface area contributed by atoms with Gasteiger partial charge in [-0.1, -0.05) is 17.7 Å². The predicted octanol–water partition coefficient (Wildman–Crippen LogP) is 3.06. The Kier molecular flexibility index (Phi) is 6.20. The van der Waals surface area contributed by atoms with Gasteiger partial charge in [0, 0.05) is 17.0 Å². The normalized spacial score (nSPS) is 16.6. The second-order valence-electron chi connectivity index (χ2n) is 7.05. The minimum Gasteiger partial charge on any atom is -0.495 e. The van der Waals surface area contributed by atoms with E-state index in [1.165, 1.54) is 19.2 Å². The maximum atomic E-state index is 13.2. The zero-order valence-corrected chi connectivity index (χ0v) is 18.5. The van der Waals surface area contributed by atoms with Gasteiger partial charge < -0.3 is 19.9 Å². The Labute approximate surface area is 189 Å². The molecule has 2 aromatic carbocycles. The molecule has 1 atom stereocenters. The molecule has 0 radical (unpaired) electrons. The summed E-state index contributed by atoms with van der Waals surface area (Å²) in [6.45, 7) is 0.830. The van der Waals surface area contributed by atoms with Crippen LogP contribution in [-0.4, -0.2) is 56.7 Å². The minimum absolute atomic E-state index is 0.00109.